The average molecular weight is 391 g/mol. The van der Waals surface area contributed by atoms with Gasteiger partial charge in [-0.2, -0.15) is 0 Å². The molecule has 3 amide bonds. The molecule has 2 rings (SSSR count). The first kappa shape index (κ1) is 24.9. The molecule has 2 fully saturated rings. The van der Waals surface area contributed by atoms with Crippen molar-refractivity contribution in [2.75, 3.05) is 33.3 Å². The monoisotopic (exact) mass is 391 g/mol. The summed E-state index contributed by atoms with van der Waals surface area (Å²) >= 11 is 0. The third kappa shape index (κ3) is 9.94. The van der Waals surface area contributed by atoms with Crippen LogP contribution in [0.15, 0.2) is 5.29 Å². The number of nitrogens with one attached hydrogen (secondary N) is 1. The van der Waals surface area contributed by atoms with E-state index in [0.29, 0.717) is 0 Å². The summed E-state index contributed by atoms with van der Waals surface area (Å²) < 4.78 is 4.97. The first-order valence-electron chi connectivity index (χ1n) is 9.08. The molecule has 2 saturated heterocycles. The summed E-state index contributed by atoms with van der Waals surface area (Å²) in [5, 5.41) is 15.7. The molecule has 27 heavy (non-hydrogen) atoms. The van der Waals surface area contributed by atoms with E-state index in [9.17, 15) is 14.5 Å². The summed E-state index contributed by atoms with van der Waals surface area (Å²) in [6.07, 6.45) is 1.44. The smallest absolute Gasteiger partial charge is 0.407 e. The lowest BCUT2D eigenvalue weighted by Crippen LogP contribution is -2.34. The molecule has 2 aliphatic heterocycles. The summed E-state index contributed by atoms with van der Waals surface area (Å²) in [6, 6.07) is -0.149. The fourth-order valence-corrected chi connectivity index (χ4v) is 2.30. The number of carbonyl (C=O) groups excluding carboxylic acids is 2. The van der Waals surface area contributed by atoms with Gasteiger partial charge in [0.2, 0.25) is 0 Å². The minimum atomic E-state index is -0.522. The summed E-state index contributed by atoms with van der Waals surface area (Å²) in [5.41, 5.74) is -0.522. The average Bonchev–Trinajstić information content (AvgIpc) is 2.82. The zero-order valence-corrected chi connectivity index (χ0v) is 17.1. The van der Waals surface area contributed by atoms with Gasteiger partial charge in [0, 0.05) is 19.6 Å². The maximum absolute atomic E-state index is 11.1. The van der Waals surface area contributed by atoms with Gasteiger partial charge in [-0.15, -0.1) is 10.1 Å². The van der Waals surface area contributed by atoms with Crippen LogP contribution in [0.5, 0.6) is 0 Å². The van der Waals surface area contributed by atoms with E-state index in [1.165, 1.54) is 7.05 Å². The number of amides is 3. The van der Waals surface area contributed by atoms with Crippen LogP contribution in [0.3, 0.4) is 0 Å². The molecule has 2 N–H and O–H groups in total. The molecule has 2 aliphatic rings. The second-order valence-electron chi connectivity index (χ2n) is 6.68. The van der Waals surface area contributed by atoms with Gasteiger partial charge in [-0.3, -0.25) is 10.0 Å². The van der Waals surface area contributed by atoms with Gasteiger partial charge in [0.1, 0.15) is 5.60 Å². The van der Waals surface area contributed by atoms with Gasteiger partial charge in [-0.25, -0.2) is 14.7 Å². The minimum absolute atomic E-state index is 0.0706. The number of hydrogen-bond acceptors (Lipinski definition) is 7. The van der Waals surface area contributed by atoms with Crippen LogP contribution in [-0.4, -0.2) is 77.4 Å². The molecule has 0 aromatic heterocycles. The topological polar surface area (TPSA) is 124 Å². The number of nitroso groups, excluding NO2 is 1. The Bertz CT molecular complexity index is 467. The molecule has 0 spiro atoms. The number of rotatable bonds is 5. The zero-order chi connectivity index (χ0) is 21.0. The van der Waals surface area contributed by atoms with Crippen LogP contribution in [0.4, 0.5) is 9.59 Å². The highest BCUT2D eigenvalue weighted by molar-refractivity contribution is 5.76. The van der Waals surface area contributed by atoms with Crippen molar-refractivity contribution in [3.05, 3.63) is 4.91 Å². The molecule has 11 nitrogen and oxygen atoms in total. The largest absolute Gasteiger partial charge is 0.444 e. The van der Waals surface area contributed by atoms with Gasteiger partial charge in [-0.1, -0.05) is 13.8 Å². The summed E-state index contributed by atoms with van der Waals surface area (Å²) in [5.74, 6) is 0. The number of ether oxygens (including phenoxy) is 1. The van der Waals surface area contributed by atoms with Crippen molar-refractivity contribution < 1.29 is 24.4 Å². The van der Waals surface area contributed by atoms with Crippen molar-refractivity contribution in [1.29, 1.82) is 0 Å². The Labute approximate surface area is 160 Å². The van der Waals surface area contributed by atoms with E-state index in [0.717, 1.165) is 36.2 Å². The van der Waals surface area contributed by atoms with Crippen molar-refractivity contribution >= 4 is 12.1 Å². The molecule has 158 valence electrons. The summed E-state index contributed by atoms with van der Waals surface area (Å²) in [4.78, 5) is 38.4. The van der Waals surface area contributed by atoms with E-state index >= 15 is 0 Å². The third-order valence-electron chi connectivity index (χ3n) is 3.37. The molecule has 2 bridgehead atoms. The first-order valence-corrected chi connectivity index (χ1v) is 9.08. The summed E-state index contributed by atoms with van der Waals surface area (Å²) in [6.45, 7) is 11.2. The van der Waals surface area contributed by atoms with Crippen LogP contribution in [0.25, 0.3) is 0 Å². The fourth-order valence-electron chi connectivity index (χ4n) is 2.30. The van der Waals surface area contributed by atoms with Crippen LogP contribution in [0.1, 0.15) is 47.5 Å². The van der Waals surface area contributed by atoms with Gasteiger partial charge in [-0.05, 0) is 33.6 Å². The Morgan fingerprint density at radius 1 is 1.41 bits per heavy atom. The molecule has 0 saturated carbocycles. The van der Waals surface area contributed by atoms with Gasteiger partial charge in [0.05, 0.1) is 25.0 Å². The number of piperidine rings is 1. The van der Waals surface area contributed by atoms with Crippen molar-refractivity contribution in [2.24, 2.45) is 5.29 Å². The van der Waals surface area contributed by atoms with Crippen molar-refractivity contribution in [2.45, 2.75) is 59.1 Å². The maximum Gasteiger partial charge on any atom is 0.407 e. The standard InChI is InChI=1S/C8H17N3O4.C6H10N2O2.C2H6/c1-8(2,3)15-7(12)9-5-6-14-11(4)10-13;9-6-7-3-1-2-5(4-7)8(6)10;1-2/h5-6H2,1-4H3,(H,9,12);5,10H,1-4H2;1-2H3. The van der Waals surface area contributed by atoms with Crippen molar-refractivity contribution in [3.8, 4) is 0 Å². The van der Waals surface area contributed by atoms with Crippen LogP contribution < -0.4 is 5.32 Å². The first-order chi connectivity index (χ1) is 12.6. The van der Waals surface area contributed by atoms with E-state index in [-0.39, 0.29) is 25.2 Å². The molecule has 1 atom stereocenters. The van der Waals surface area contributed by atoms with Crippen LogP contribution in [0.2, 0.25) is 0 Å². The zero-order valence-electron chi connectivity index (χ0n) is 17.1. The normalized spacial score (nSPS) is 17.9. The van der Waals surface area contributed by atoms with E-state index in [2.05, 4.69) is 10.6 Å². The number of fused-ring (bicyclic) bond motifs is 2. The van der Waals surface area contributed by atoms with E-state index in [1.807, 2.05) is 13.8 Å². The number of urea groups is 1. The Hall–Kier alpha value is -2.14. The van der Waals surface area contributed by atoms with Crippen molar-refractivity contribution in [1.82, 2.24) is 20.5 Å². The Morgan fingerprint density at radius 2 is 2.04 bits per heavy atom. The SMILES string of the molecule is CC.CN(N=O)OCCNC(=O)OC(C)(C)C.O=C1N2CCCC(C2)N1O. The lowest BCUT2D eigenvalue weighted by molar-refractivity contribution is -0.138. The predicted octanol–water partition coefficient (Wildman–Crippen LogP) is 2.36. The molecule has 0 radical (unpaired) electrons. The molecular weight excluding hydrogens is 358 g/mol. The summed E-state index contributed by atoms with van der Waals surface area (Å²) in [7, 11) is 1.36. The van der Waals surface area contributed by atoms with Crippen LogP contribution in [0, 0.1) is 4.91 Å². The molecule has 0 aliphatic carbocycles. The Kier molecular flexibility index (Phi) is 11.3. The molecule has 2 heterocycles. The van der Waals surface area contributed by atoms with Crippen LogP contribution in [-0.2, 0) is 9.57 Å². The Balaban J connectivity index is 0.000000482. The number of nitrogens with zero attached hydrogens (tertiary/aromatic N) is 4. The van der Waals surface area contributed by atoms with Gasteiger partial charge < -0.3 is 15.0 Å². The number of hydrogen-bond donors (Lipinski definition) is 2. The highest BCUT2D eigenvalue weighted by atomic mass is 16.7. The number of alkyl carbamates (subject to hydrolysis) is 1. The third-order valence-corrected chi connectivity index (χ3v) is 3.37. The Morgan fingerprint density at radius 3 is 2.52 bits per heavy atom. The molecule has 1 unspecified atom stereocenters. The predicted molar refractivity (Wildman–Crippen MR) is 98.7 cm³/mol. The molecule has 0 aromatic carbocycles. The second-order valence-corrected chi connectivity index (χ2v) is 6.68. The lowest BCUT2D eigenvalue weighted by atomic mass is 10.1. The quantitative estimate of drug-likeness (QED) is 0.319. The maximum atomic E-state index is 11.1. The van der Waals surface area contributed by atoms with E-state index < -0.39 is 11.7 Å². The van der Waals surface area contributed by atoms with Gasteiger partial charge >= 0.3 is 12.1 Å². The van der Waals surface area contributed by atoms with Gasteiger partial charge in [0.25, 0.3) is 0 Å². The second kappa shape index (κ2) is 12.3. The fraction of sp³-hybridized carbons (Fsp3) is 0.875. The van der Waals surface area contributed by atoms with E-state index in [1.54, 1.807) is 25.7 Å². The highest BCUT2D eigenvalue weighted by Crippen LogP contribution is 2.22. The van der Waals surface area contributed by atoms with Crippen molar-refractivity contribution in [3.63, 3.8) is 0 Å². The van der Waals surface area contributed by atoms with Crippen LogP contribution >= 0.6 is 0 Å². The minimum Gasteiger partial charge on any atom is -0.444 e. The highest BCUT2D eigenvalue weighted by Gasteiger charge is 2.38. The number of carbonyl (C=O) groups is 2. The number of hydroxylamine groups is 3. The molecule has 11 heteroatoms. The molecule has 0 aromatic rings. The molecular formula is C16H33N5O6. The van der Waals surface area contributed by atoms with E-state index in [4.69, 9.17) is 14.8 Å². The lowest BCUT2D eigenvalue weighted by Gasteiger charge is -2.19. The van der Waals surface area contributed by atoms with Gasteiger partial charge in [0.15, 0.2) is 0 Å².